The van der Waals surface area contributed by atoms with Gasteiger partial charge in [-0.25, -0.2) is 0 Å². The van der Waals surface area contributed by atoms with Crippen molar-refractivity contribution in [2.45, 2.75) is 302 Å². The third-order valence-electron chi connectivity index (χ3n) is 15.9. The van der Waals surface area contributed by atoms with Gasteiger partial charge in [0.15, 0.2) is 6.10 Å². The second-order valence-electron chi connectivity index (χ2n) is 26.3. The van der Waals surface area contributed by atoms with Gasteiger partial charge in [0.25, 0.3) is 7.82 Å². The van der Waals surface area contributed by atoms with Crippen molar-refractivity contribution >= 4 is 19.8 Å². The van der Waals surface area contributed by atoms with Gasteiger partial charge in [-0.1, -0.05) is 331 Å². The number of ether oxygens (including phenoxy) is 2. The summed E-state index contributed by atoms with van der Waals surface area (Å²) in [5, 5.41) is 0. The zero-order chi connectivity index (χ0) is 69.7. The van der Waals surface area contributed by atoms with Crippen LogP contribution in [0.5, 0.6) is 0 Å². The molecule has 0 heterocycles. The van der Waals surface area contributed by atoms with E-state index in [9.17, 15) is 19.0 Å². The van der Waals surface area contributed by atoms with Crippen molar-refractivity contribution in [3.8, 4) is 0 Å². The number of hydrogen-bond acceptors (Lipinski definition) is 8. The molecule has 10 heteroatoms. The molecule has 9 nitrogen and oxygen atoms in total. The molecule has 0 N–H and O–H groups in total. The van der Waals surface area contributed by atoms with E-state index < -0.39 is 32.5 Å². The van der Waals surface area contributed by atoms with Gasteiger partial charge in [0.2, 0.25) is 0 Å². The second-order valence-corrected chi connectivity index (χ2v) is 27.7. The van der Waals surface area contributed by atoms with Crippen LogP contribution in [-0.4, -0.2) is 70.0 Å². The largest absolute Gasteiger partial charge is 0.756 e. The molecule has 0 aliphatic rings. The number of phosphoric ester groups is 1. The zero-order valence-corrected chi connectivity index (χ0v) is 62.9. The van der Waals surface area contributed by atoms with Gasteiger partial charge in [-0.05, 0) is 135 Å². The van der Waals surface area contributed by atoms with Crippen LogP contribution < -0.4 is 4.89 Å². The molecule has 0 spiro atoms. The van der Waals surface area contributed by atoms with Crippen LogP contribution in [-0.2, 0) is 32.7 Å². The van der Waals surface area contributed by atoms with E-state index in [0.717, 1.165) is 148 Å². The smallest absolute Gasteiger partial charge is 0.306 e. The molecule has 2 unspecified atom stereocenters. The van der Waals surface area contributed by atoms with Gasteiger partial charge in [0.1, 0.15) is 19.8 Å². The van der Waals surface area contributed by atoms with Crippen molar-refractivity contribution < 1.29 is 42.1 Å². The molecule has 0 bridgehead atoms. The van der Waals surface area contributed by atoms with Gasteiger partial charge in [-0.2, -0.15) is 0 Å². The number of hydrogen-bond donors (Lipinski definition) is 0. The Morgan fingerprint density at radius 2 is 0.562 bits per heavy atom. The highest BCUT2D eigenvalue weighted by Crippen LogP contribution is 2.38. The first-order chi connectivity index (χ1) is 47.0. The molecule has 0 amide bonds. The molecule has 0 fully saturated rings. The third-order valence-corrected chi connectivity index (χ3v) is 16.9. The monoisotopic (exact) mass is 1350 g/mol. The van der Waals surface area contributed by atoms with Crippen LogP contribution in [0.2, 0.25) is 0 Å². The van der Waals surface area contributed by atoms with E-state index in [0.29, 0.717) is 17.4 Å². The van der Waals surface area contributed by atoms with Crippen LogP contribution in [0.3, 0.4) is 0 Å². The summed E-state index contributed by atoms with van der Waals surface area (Å²) in [5.74, 6) is -0.859. The van der Waals surface area contributed by atoms with Gasteiger partial charge < -0.3 is 27.9 Å². The first-order valence-electron chi connectivity index (χ1n) is 38.5. The van der Waals surface area contributed by atoms with Crippen LogP contribution in [0.15, 0.2) is 182 Å². The van der Waals surface area contributed by atoms with Gasteiger partial charge in [0.05, 0.1) is 27.7 Å². The minimum atomic E-state index is -4.66. The Bertz CT molecular complexity index is 2280. The minimum absolute atomic E-state index is 0.0428. The number of likely N-dealkylation sites (N-methyl/N-ethyl adjacent to an activating group) is 1. The lowest BCUT2D eigenvalue weighted by atomic mass is 10.0. The highest BCUT2D eigenvalue weighted by Gasteiger charge is 2.22. The molecule has 544 valence electrons. The highest BCUT2D eigenvalue weighted by atomic mass is 31.2. The van der Waals surface area contributed by atoms with Crippen molar-refractivity contribution in [1.82, 2.24) is 0 Å². The molecule has 0 aromatic rings. The van der Waals surface area contributed by atoms with Crippen molar-refractivity contribution in [3.63, 3.8) is 0 Å². The summed E-state index contributed by atoms with van der Waals surface area (Å²) >= 11 is 0. The lowest BCUT2D eigenvalue weighted by molar-refractivity contribution is -0.870. The van der Waals surface area contributed by atoms with Crippen molar-refractivity contribution in [1.29, 1.82) is 0 Å². The van der Waals surface area contributed by atoms with E-state index in [-0.39, 0.29) is 26.1 Å². The average Bonchev–Trinajstić information content (AvgIpc) is 1.98. The molecule has 0 aromatic carbocycles. The minimum Gasteiger partial charge on any atom is -0.756 e. The average molecular weight is 1350 g/mol. The number of carbonyl (C=O) groups is 2. The molecule has 2 atom stereocenters. The van der Waals surface area contributed by atoms with Gasteiger partial charge in [0, 0.05) is 12.8 Å². The molecule has 0 saturated heterocycles. The maximum atomic E-state index is 12.9. The Kier molecular flexibility index (Phi) is 70.5. The lowest BCUT2D eigenvalue weighted by Crippen LogP contribution is -2.37. The summed E-state index contributed by atoms with van der Waals surface area (Å²) in [4.78, 5) is 38.2. The number of allylic oxidation sites excluding steroid dienone is 30. The third kappa shape index (κ3) is 78.1. The van der Waals surface area contributed by atoms with Crippen LogP contribution in [0.4, 0.5) is 0 Å². The molecule has 0 aromatic heterocycles. The van der Waals surface area contributed by atoms with Gasteiger partial charge in [-0.3, -0.25) is 14.2 Å². The normalized spacial score (nSPS) is 14.1. The van der Waals surface area contributed by atoms with E-state index in [1.165, 1.54) is 116 Å². The summed E-state index contributed by atoms with van der Waals surface area (Å²) < 4.78 is 34.3. The van der Waals surface area contributed by atoms with Crippen LogP contribution in [0.1, 0.15) is 296 Å². The Labute approximate surface area is 591 Å². The van der Waals surface area contributed by atoms with Crippen LogP contribution in [0.25, 0.3) is 0 Å². The van der Waals surface area contributed by atoms with E-state index >= 15 is 0 Å². The zero-order valence-electron chi connectivity index (χ0n) is 62.0. The molecule has 0 aliphatic heterocycles. The maximum Gasteiger partial charge on any atom is 0.306 e. The van der Waals surface area contributed by atoms with E-state index in [4.69, 9.17) is 18.5 Å². The maximum absolute atomic E-state index is 12.9. The van der Waals surface area contributed by atoms with Crippen molar-refractivity contribution in [3.05, 3.63) is 182 Å². The molecule has 0 saturated carbocycles. The van der Waals surface area contributed by atoms with E-state index in [2.05, 4.69) is 196 Å². The summed E-state index contributed by atoms with van der Waals surface area (Å²) in [5.41, 5.74) is 0. The molecule has 96 heavy (non-hydrogen) atoms. The first-order valence-corrected chi connectivity index (χ1v) is 40.0. The summed E-state index contributed by atoms with van der Waals surface area (Å²) in [6, 6.07) is 0. The topological polar surface area (TPSA) is 111 Å². The summed E-state index contributed by atoms with van der Waals surface area (Å²) in [7, 11) is 1.14. The molecular formula is C86H142NO8P. The Hall–Kier alpha value is -4.89. The summed E-state index contributed by atoms with van der Waals surface area (Å²) in [6.07, 6.45) is 114. The Morgan fingerprint density at radius 1 is 0.323 bits per heavy atom. The molecule has 0 rings (SSSR count). The summed E-state index contributed by atoms with van der Waals surface area (Å²) in [6.45, 7) is 3.99. The Morgan fingerprint density at radius 3 is 0.833 bits per heavy atom. The molecular weight excluding hydrogens is 1210 g/mol. The number of rotatable bonds is 69. The number of nitrogens with zero attached hydrogens (tertiary/aromatic N) is 1. The fourth-order valence-electron chi connectivity index (χ4n) is 10.1. The van der Waals surface area contributed by atoms with Crippen molar-refractivity contribution in [2.24, 2.45) is 0 Å². The quantitative estimate of drug-likeness (QED) is 0.0195. The van der Waals surface area contributed by atoms with E-state index in [1.807, 2.05) is 21.1 Å². The number of phosphoric acid groups is 1. The number of unbranched alkanes of at least 4 members (excludes halogenated alkanes) is 25. The van der Waals surface area contributed by atoms with E-state index in [1.54, 1.807) is 0 Å². The predicted octanol–water partition coefficient (Wildman–Crippen LogP) is 25.2. The molecule has 0 aliphatic carbocycles. The van der Waals surface area contributed by atoms with Crippen LogP contribution >= 0.6 is 7.82 Å². The Balaban J connectivity index is 4.10. The standard InChI is InChI=1S/C86H142NO8P/c1-6-8-10-12-14-16-18-20-22-24-26-28-30-32-34-36-38-40-41-42-43-44-45-47-49-51-53-55-57-59-61-63-65-67-69-71-73-75-77-79-86(89)95-84(83-94-96(90,91)93-81-80-87(3,4)5)82-92-85(88)78-76-74-72-70-68-66-64-62-60-58-56-54-52-50-48-46-39-37-35-33-31-29-27-25-23-21-19-17-15-13-11-9-7-2/h8-11,14-17,20-23,26-29,32,34,38,40,42-43,45,47,51,53,57,59,63,65,84H,6-7,12-13,18-19,24-25,30-31,33,35-37,39,41,44,46,48-50,52,54-56,58,60-62,64,66-83H2,1-5H3/b10-8-,11-9-,16-14-,17-15-,22-20-,23-21-,28-26-,29-27-,34-32-,40-38-,43-42-,47-45-,53-51-,59-57-,65-63-. The highest BCUT2D eigenvalue weighted by molar-refractivity contribution is 7.45. The first kappa shape index (κ1) is 91.1. The fraction of sp³-hybridized carbons (Fsp3) is 0.628. The van der Waals surface area contributed by atoms with Crippen molar-refractivity contribution in [2.75, 3.05) is 47.5 Å². The van der Waals surface area contributed by atoms with Gasteiger partial charge in [-0.15, -0.1) is 0 Å². The number of quaternary nitrogens is 1. The predicted molar refractivity (Wildman–Crippen MR) is 415 cm³/mol. The fourth-order valence-corrected chi connectivity index (χ4v) is 10.9. The molecule has 0 radical (unpaired) electrons. The number of esters is 2. The second kappa shape index (κ2) is 74.3. The SMILES string of the molecule is CC/C=C\C/C=C\C/C=C\C/C=C\C/C=C\C/C=C\C/C=C\C/C=C\C/C=C\C/C=C\C/C=C\CCCCCCCC(=O)OC(COC(=O)CCCCCCCCCCCCCCCCCCCCCC/C=C\C/C=C\C/C=C\C/C=C\CC)COP(=O)([O-])OCC[N+](C)(C)C. The van der Waals surface area contributed by atoms with Crippen LogP contribution in [0, 0.1) is 0 Å². The van der Waals surface area contributed by atoms with Gasteiger partial charge >= 0.3 is 11.9 Å². The lowest BCUT2D eigenvalue weighted by Gasteiger charge is -2.28. The number of carbonyl (C=O) groups excluding carboxylic acids is 2.